The van der Waals surface area contributed by atoms with Crippen molar-refractivity contribution in [1.82, 2.24) is 25.4 Å². The summed E-state index contributed by atoms with van der Waals surface area (Å²) in [5, 5.41) is 10.8. The number of halogens is 1. The zero-order valence-electron chi connectivity index (χ0n) is 16.4. The zero-order valence-corrected chi connectivity index (χ0v) is 16.4. The fraction of sp³-hybridized carbons (Fsp3) is 0.318. The van der Waals surface area contributed by atoms with Crippen LogP contribution >= 0.6 is 0 Å². The summed E-state index contributed by atoms with van der Waals surface area (Å²) < 4.78 is 15.6. The Morgan fingerprint density at radius 1 is 1.21 bits per heavy atom. The van der Waals surface area contributed by atoms with Crippen molar-refractivity contribution in [2.45, 2.75) is 38.4 Å². The molecular weight excluding hydrogens is 369 g/mol. The van der Waals surface area contributed by atoms with E-state index in [9.17, 15) is 9.18 Å². The van der Waals surface area contributed by atoms with E-state index in [0.717, 1.165) is 37.1 Å². The Bertz CT molecular complexity index is 1000. The van der Waals surface area contributed by atoms with Crippen molar-refractivity contribution < 1.29 is 9.18 Å². The third-order valence-electron chi connectivity index (χ3n) is 5.41. The highest BCUT2D eigenvalue weighted by atomic mass is 19.1. The predicted molar refractivity (Wildman–Crippen MR) is 108 cm³/mol. The second-order valence-electron chi connectivity index (χ2n) is 7.35. The minimum absolute atomic E-state index is 0.139. The highest BCUT2D eigenvalue weighted by molar-refractivity contribution is 5.94. The van der Waals surface area contributed by atoms with Gasteiger partial charge in [-0.1, -0.05) is 18.2 Å². The molecule has 0 spiro atoms. The SMILES string of the molecule is Cn1nc(C(=O)NCc2ccccc2F)c2c1CC[C@@H](NCc1ccncc1)C2. The van der Waals surface area contributed by atoms with Crippen LogP contribution in [-0.2, 0) is 33.0 Å². The van der Waals surface area contributed by atoms with Gasteiger partial charge in [0.25, 0.3) is 5.91 Å². The Kier molecular flexibility index (Phi) is 5.67. The molecule has 4 rings (SSSR count). The van der Waals surface area contributed by atoms with Gasteiger partial charge >= 0.3 is 0 Å². The molecule has 150 valence electrons. The second kappa shape index (κ2) is 8.53. The van der Waals surface area contributed by atoms with Gasteiger partial charge in [-0.25, -0.2) is 4.39 Å². The molecule has 0 radical (unpaired) electrons. The molecule has 29 heavy (non-hydrogen) atoms. The largest absolute Gasteiger partial charge is 0.346 e. The molecule has 0 fully saturated rings. The molecule has 0 aliphatic heterocycles. The van der Waals surface area contributed by atoms with E-state index in [1.54, 1.807) is 35.3 Å². The topological polar surface area (TPSA) is 71.8 Å². The maximum Gasteiger partial charge on any atom is 0.272 e. The van der Waals surface area contributed by atoms with Crippen molar-refractivity contribution in [2.75, 3.05) is 0 Å². The summed E-state index contributed by atoms with van der Waals surface area (Å²) >= 11 is 0. The Labute approximate surface area is 169 Å². The maximum atomic E-state index is 13.8. The third-order valence-corrected chi connectivity index (χ3v) is 5.41. The molecule has 1 aromatic carbocycles. The lowest BCUT2D eigenvalue weighted by Gasteiger charge is -2.24. The van der Waals surface area contributed by atoms with Gasteiger partial charge in [0.05, 0.1) is 0 Å². The number of nitrogens with one attached hydrogen (secondary N) is 2. The molecule has 7 heteroatoms. The number of hydrogen-bond donors (Lipinski definition) is 2. The van der Waals surface area contributed by atoms with Crippen molar-refractivity contribution in [1.29, 1.82) is 0 Å². The molecule has 2 aromatic heterocycles. The monoisotopic (exact) mass is 393 g/mol. The molecule has 3 aromatic rings. The summed E-state index contributed by atoms with van der Waals surface area (Å²) in [5.41, 5.74) is 4.16. The van der Waals surface area contributed by atoms with Crippen LogP contribution in [0.5, 0.6) is 0 Å². The molecular formula is C22H24FN5O. The second-order valence-corrected chi connectivity index (χ2v) is 7.35. The number of aryl methyl sites for hydroxylation is 1. The normalized spacial score (nSPS) is 15.7. The van der Waals surface area contributed by atoms with E-state index in [2.05, 4.69) is 20.7 Å². The standard InChI is InChI=1S/C22H24FN5O/c1-28-20-7-6-17(25-13-15-8-10-24-11-9-15)12-18(20)21(27-28)22(29)26-14-16-4-2-3-5-19(16)23/h2-5,8-11,17,25H,6-7,12-14H2,1H3,(H,26,29)/t17-/m1/s1. The highest BCUT2D eigenvalue weighted by Gasteiger charge is 2.28. The number of nitrogens with zero attached hydrogens (tertiary/aromatic N) is 3. The lowest BCUT2D eigenvalue weighted by atomic mass is 9.91. The highest BCUT2D eigenvalue weighted by Crippen LogP contribution is 2.24. The Morgan fingerprint density at radius 3 is 2.79 bits per heavy atom. The van der Waals surface area contributed by atoms with E-state index in [0.29, 0.717) is 11.3 Å². The quantitative estimate of drug-likeness (QED) is 0.675. The summed E-state index contributed by atoms with van der Waals surface area (Å²) in [6, 6.07) is 10.7. The first kappa shape index (κ1) is 19.3. The fourth-order valence-corrected chi connectivity index (χ4v) is 3.81. The first-order valence-electron chi connectivity index (χ1n) is 9.80. The van der Waals surface area contributed by atoms with Crippen LogP contribution in [0.15, 0.2) is 48.8 Å². The number of pyridine rings is 1. The minimum Gasteiger partial charge on any atom is -0.346 e. The lowest BCUT2D eigenvalue weighted by Crippen LogP contribution is -2.35. The van der Waals surface area contributed by atoms with Gasteiger partial charge in [0.1, 0.15) is 5.82 Å². The van der Waals surface area contributed by atoms with E-state index in [1.807, 2.05) is 19.2 Å². The number of fused-ring (bicyclic) bond motifs is 1. The Morgan fingerprint density at radius 2 is 2.00 bits per heavy atom. The molecule has 6 nitrogen and oxygen atoms in total. The summed E-state index contributed by atoms with van der Waals surface area (Å²) in [4.78, 5) is 16.8. The predicted octanol–water partition coefficient (Wildman–Crippen LogP) is 2.53. The summed E-state index contributed by atoms with van der Waals surface area (Å²) in [5.74, 6) is -0.587. The van der Waals surface area contributed by atoms with E-state index in [4.69, 9.17) is 0 Å². The van der Waals surface area contributed by atoms with E-state index >= 15 is 0 Å². The van der Waals surface area contributed by atoms with Crippen LogP contribution in [0.4, 0.5) is 4.39 Å². The molecule has 1 aliphatic rings. The molecule has 2 heterocycles. The molecule has 2 N–H and O–H groups in total. The van der Waals surface area contributed by atoms with Gasteiger partial charge in [-0.3, -0.25) is 14.5 Å². The number of rotatable bonds is 6. The number of carbonyl (C=O) groups is 1. The third kappa shape index (κ3) is 4.35. The molecule has 0 unspecified atom stereocenters. The van der Waals surface area contributed by atoms with Gasteiger partial charge in [0, 0.05) is 55.4 Å². The van der Waals surface area contributed by atoms with Crippen LogP contribution in [0.25, 0.3) is 0 Å². The number of hydrogen-bond acceptors (Lipinski definition) is 4. The van der Waals surface area contributed by atoms with Crippen LogP contribution in [0.3, 0.4) is 0 Å². The van der Waals surface area contributed by atoms with Gasteiger partial charge in [0.15, 0.2) is 5.69 Å². The Balaban J connectivity index is 1.43. The van der Waals surface area contributed by atoms with Crippen LogP contribution in [-0.4, -0.2) is 26.7 Å². The van der Waals surface area contributed by atoms with Crippen molar-refractivity contribution in [3.05, 3.63) is 82.7 Å². The fourth-order valence-electron chi connectivity index (χ4n) is 3.81. The molecule has 1 atom stereocenters. The number of benzene rings is 1. The van der Waals surface area contributed by atoms with Crippen molar-refractivity contribution in [3.8, 4) is 0 Å². The average Bonchev–Trinajstić information content (AvgIpc) is 3.08. The van der Waals surface area contributed by atoms with E-state index in [1.165, 1.54) is 11.6 Å². The van der Waals surface area contributed by atoms with Gasteiger partial charge in [-0.15, -0.1) is 0 Å². The van der Waals surface area contributed by atoms with Crippen LogP contribution in [0.2, 0.25) is 0 Å². The number of amides is 1. The van der Waals surface area contributed by atoms with Crippen LogP contribution in [0.1, 0.15) is 39.3 Å². The molecule has 0 saturated carbocycles. The molecule has 1 aliphatic carbocycles. The smallest absolute Gasteiger partial charge is 0.272 e. The number of carbonyl (C=O) groups excluding carboxylic acids is 1. The maximum absolute atomic E-state index is 13.8. The minimum atomic E-state index is -0.323. The molecule has 1 amide bonds. The molecule has 0 saturated heterocycles. The Hall–Kier alpha value is -3.06. The first-order valence-corrected chi connectivity index (χ1v) is 9.80. The summed E-state index contributed by atoms with van der Waals surface area (Å²) in [7, 11) is 1.87. The first-order chi connectivity index (χ1) is 14.1. The van der Waals surface area contributed by atoms with Gasteiger partial charge < -0.3 is 10.6 Å². The zero-order chi connectivity index (χ0) is 20.2. The van der Waals surface area contributed by atoms with Crippen molar-refractivity contribution >= 4 is 5.91 Å². The van der Waals surface area contributed by atoms with Gasteiger partial charge in [-0.05, 0) is 43.0 Å². The van der Waals surface area contributed by atoms with E-state index in [-0.39, 0.29) is 24.3 Å². The van der Waals surface area contributed by atoms with Gasteiger partial charge in [-0.2, -0.15) is 5.10 Å². The van der Waals surface area contributed by atoms with Crippen molar-refractivity contribution in [3.63, 3.8) is 0 Å². The van der Waals surface area contributed by atoms with Crippen molar-refractivity contribution in [2.24, 2.45) is 7.05 Å². The lowest BCUT2D eigenvalue weighted by molar-refractivity contribution is 0.0943. The molecule has 0 bridgehead atoms. The average molecular weight is 393 g/mol. The summed E-state index contributed by atoms with van der Waals surface area (Å²) in [6.45, 7) is 0.901. The van der Waals surface area contributed by atoms with Crippen LogP contribution in [0, 0.1) is 5.82 Å². The summed E-state index contributed by atoms with van der Waals surface area (Å²) in [6.07, 6.45) is 6.18. The van der Waals surface area contributed by atoms with E-state index < -0.39 is 0 Å². The van der Waals surface area contributed by atoms with Gasteiger partial charge in [0.2, 0.25) is 0 Å². The number of aromatic nitrogens is 3. The van der Waals surface area contributed by atoms with Crippen LogP contribution < -0.4 is 10.6 Å².